The summed E-state index contributed by atoms with van der Waals surface area (Å²) >= 11 is 1.78. The molecule has 3 nitrogen and oxygen atoms in total. The Morgan fingerprint density at radius 3 is 2.50 bits per heavy atom. The van der Waals surface area contributed by atoms with Gasteiger partial charge in [0.15, 0.2) is 9.84 Å². The summed E-state index contributed by atoms with van der Waals surface area (Å²) in [5.41, 5.74) is 0. The number of hydrogen-bond donors (Lipinski definition) is 1. The fourth-order valence-corrected chi connectivity index (χ4v) is 2.60. The zero-order chi connectivity index (χ0) is 11.0. The quantitative estimate of drug-likeness (QED) is 0.646. The molecular formula is C9H21NO2S2. The maximum Gasteiger partial charge on any atom is 0.151 e. The van der Waals surface area contributed by atoms with Crippen LogP contribution in [0.3, 0.4) is 0 Å². The van der Waals surface area contributed by atoms with Gasteiger partial charge in [0, 0.05) is 24.1 Å². The van der Waals surface area contributed by atoms with Crippen molar-refractivity contribution >= 4 is 21.6 Å². The summed E-state index contributed by atoms with van der Waals surface area (Å²) in [5, 5.41) is 3.70. The van der Waals surface area contributed by atoms with Gasteiger partial charge in [-0.15, -0.1) is 0 Å². The van der Waals surface area contributed by atoms with Crippen LogP contribution in [0.4, 0.5) is 0 Å². The molecule has 86 valence electrons. The van der Waals surface area contributed by atoms with Crippen molar-refractivity contribution in [2.24, 2.45) is 0 Å². The van der Waals surface area contributed by atoms with E-state index >= 15 is 0 Å². The highest BCUT2D eigenvalue weighted by Gasteiger charge is 2.08. The maximum absolute atomic E-state index is 11.3. The monoisotopic (exact) mass is 239 g/mol. The van der Waals surface area contributed by atoms with Crippen LogP contribution in [-0.2, 0) is 9.84 Å². The largest absolute Gasteiger partial charge is 0.315 e. The molecule has 0 aromatic carbocycles. The molecule has 0 saturated carbocycles. The second kappa shape index (κ2) is 7.54. The van der Waals surface area contributed by atoms with E-state index in [1.54, 1.807) is 11.8 Å². The van der Waals surface area contributed by atoms with Crippen LogP contribution < -0.4 is 5.32 Å². The van der Waals surface area contributed by atoms with Gasteiger partial charge in [0.2, 0.25) is 0 Å². The van der Waals surface area contributed by atoms with Crippen molar-refractivity contribution in [1.82, 2.24) is 5.32 Å². The van der Waals surface area contributed by atoms with Gasteiger partial charge >= 0.3 is 0 Å². The summed E-state index contributed by atoms with van der Waals surface area (Å²) in [4.78, 5) is 0. The zero-order valence-electron chi connectivity index (χ0n) is 9.25. The molecule has 0 aliphatic heterocycles. The van der Waals surface area contributed by atoms with Gasteiger partial charge in [-0.1, -0.05) is 13.8 Å². The lowest BCUT2D eigenvalue weighted by Crippen LogP contribution is -2.28. The van der Waals surface area contributed by atoms with Gasteiger partial charge in [-0.2, -0.15) is 11.8 Å². The van der Waals surface area contributed by atoms with E-state index in [1.165, 1.54) is 0 Å². The Kier molecular flexibility index (Phi) is 7.68. The molecule has 0 aromatic heterocycles. The molecule has 0 aliphatic rings. The Morgan fingerprint density at radius 2 is 2.00 bits per heavy atom. The predicted octanol–water partition coefficient (Wildman–Crippen LogP) is 1.15. The van der Waals surface area contributed by atoms with E-state index in [9.17, 15) is 8.42 Å². The Balaban J connectivity index is 3.54. The van der Waals surface area contributed by atoms with Crippen LogP contribution in [0.25, 0.3) is 0 Å². The minimum Gasteiger partial charge on any atom is -0.315 e. The van der Waals surface area contributed by atoms with E-state index in [-0.39, 0.29) is 5.75 Å². The number of sulfone groups is 1. The summed E-state index contributed by atoms with van der Waals surface area (Å²) in [5.74, 6) is 0.578. The first-order valence-corrected chi connectivity index (χ1v) is 8.06. The van der Waals surface area contributed by atoms with E-state index in [0.717, 1.165) is 6.54 Å². The lowest BCUT2D eigenvalue weighted by Gasteiger charge is -2.09. The fourth-order valence-electron chi connectivity index (χ4n) is 1.03. The molecule has 0 radical (unpaired) electrons. The van der Waals surface area contributed by atoms with E-state index in [2.05, 4.69) is 18.5 Å². The highest BCUT2D eigenvalue weighted by molar-refractivity contribution is 7.99. The zero-order valence-corrected chi connectivity index (χ0v) is 10.9. The van der Waals surface area contributed by atoms with Crippen molar-refractivity contribution in [3.8, 4) is 0 Å². The summed E-state index contributed by atoms with van der Waals surface area (Å²) in [6.45, 7) is 5.47. The van der Waals surface area contributed by atoms with Crippen molar-refractivity contribution in [3.05, 3.63) is 0 Å². The second-order valence-corrected chi connectivity index (χ2v) is 6.98. The highest BCUT2D eigenvalue weighted by Crippen LogP contribution is 2.02. The summed E-state index contributed by atoms with van der Waals surface area (Å²) in [6.07, 6.45) is 2.77. The maximum atomic E-state index is 11.3. The number of hydrogen-bond acceptors (Lipinski definition) is 4. The molecule has 0 spiro atoms. The van der Waals surface area contributed by atoms with Gasteiger partial charge < -0.3 is 5.32 Å². The number of thioether (sulfide) groups is 1. The normalized spacial score (nSPS) is 14.2. The van der Waals surface area contributed by atoms with Crippen molar-refractivity contribution in [1.29, 1.82) is 0 Å². The van der Waals surface area contributed by atoms with Gasteiger partial charge in [0.05, 0.1) is 5.75 Å². The third-order valence-corrected chi connectivity index (χ3v) is 4.77. The number of nitrogens with one attached hydrogen (secondary N) is 1. The van der Waals surface area contributed by atoms with Crippen LogP contribution in [0.2, 0.25) is 0 Å². The predicted molar refractivity (Wildman–Crippen MR) is 64.8 cm³/mol. The van der Waals surface area contributed by atoms with E-state index < -0.39 is 9.84 Å². The van der Waals surface area contributed by atoms with Gasteiger partial charge in [0.25, 0.3) is 0 Å². The lowest BCUT2D eigenvalue weighted by atomic mass is 10.5. The first-order valence-electron chi connectivity index (χ1n) is 4.95. The van der Waals surface area contributed by atoms with E-state index in [1.807, 2.05) is 6.92 Å². The Morgan fingerprint density at radius 1 is 1.36 bits per heavy atom. The second-order valence-electron chi connectivity index (χ2n) is 3.40. The highest BCUT2D eigenvalue weighted by atomic mass is 32.2. The molecule has 0 heterocycles. The standard InChI is InChI=1S/C9H21NO2S2/c1-4-6-14(11,12)7-5-10-8-9(2)13-3/h9-10H,4-8H2,1-3H3. The van der Waals surface area contributed by atoms with Crippen LogP contribution in [0.15, 0.2) is 0 Å². The average molecular weight is 239 g/mol. The van der Waals surface area contributed by atoms with E-state index in [0.29, 0.717) is 24.0 Å². The SMILES string of the molecule is CCCS(=O)(=O)CCNCC(C)SC. The summed E-state index contributed by atoms with van der Waals surface area (Å²) in [6, 6.07) is 0. The molecule has 0 rings (SSSR count). The molecule has 0 bridgehead atoms. The summed E-state index contributed by atoms with van der Waals surface area (Å²) < 4.78 is 22.6. The van der Waals surface area contributed by atoms with Crippen LogP contribution in [-0.4, -0.2) is 44.5 Å². The van der Waals surface area contributed by atoms with Crippen LogP contribution in [0.5, 0.6) is 0 Å². The molecular weight excluding hydrogens is 218 g/mol. The first kappa shape index (κ1) is 14.3. The molecule has 1 N–H and O–H groups in total. The summed E-state index contributed by atoms with van der Waals surface area (Å²) in [7, 11) is -2.81. The fraction of sp³-hybridized carbons (Fsp3) is 1.00. The van der Waals surface area contributed by atoms with Gasteiger partial charge in [-0.3, -0.25) is 0 Å². The number of rotatable bonds is 8. The molecule has 1 atom stereocenters. The minimum atomic E-state index is -2.81. The molecule has 1 unspecified atom stereocenters. The topological polar surface area (TPSA) is 46.2 Å². The third-order valence-electron chi connectivity index (χ3n) is 1.94. The van der Waals surface area contributed by atoms with Crippen molar-refractivity contribution in [2.45, 2.75) is 25.5 Å². The van der Waals surface area contributed by atoms with Crippen LogP contribution in [0.1, 0.15) is 20.3 Å². The first-order chi connectivity index (χ1) is 6.52. The van der Waals surface area contributed by atoms with Gasteiger partial charge in [-0.05, 0) is 12.7 Å². The van der Waals surface area contributed by atoms with Crippen LogP contribution in [0, 0.1) is 0 Å². The molecule has 0 amide bonds. The Hall–Kier alpha value is 0.260. The smallest absolute Gasteiger partial charge is 0.151 e. The average Bonchev–Trinajstić information content (AvgIpc) is 2.12. The Bertz CT molecular complexity index is 227. The molecule has 0 aromatic rings. The Labute approximate surface area is 92.0 Å². The molecule has 5 heteroatoms. The van der Waals surface area contributed by atoms with Crippen molar-refractivity contribution in [2.75, 3.05) is 30.9 Å². The molecule has 0 fully saturated rings. The van der Waals surface area contributed by atoms with Crippen molar-refractivity contribution < 1.29 is 8.42 Å². The minimum absolute atomic E-state index is 0.266. The molecule has 0 saturated heterocycles. The van der Waals surface area contributed by atoms with Gasteiger partial charge in [0.1, 0.15) is 0 Å². The molecule has 0 aliphatic carbocycles. The third kappa shape index (κ3) is 7.64. The van der Waals surface area contributed by atoms with E-state index in [4.69, 9.17) is 0 Å². The van der Waals surface area contributed by atoms with Crippen LogP contribution >= 0.6 is 11.8 Å². The lowest BCUT2D eigenvalue weighted by molar-refractivity contribution is 0.589. The molecule has 14 heavy (non-hydrogen) atoms. The van der Waals surface area contributed by atoms with Crippen molar-refractivity contribution in [3.63, 3.8) is 0 Å². The van der Waals surface area contributed by atoms with Gasteiger partial charge in [-0.25, -0.2) is 8.42 Å².